The number of hydrogen-bond acceptors (Lipinski definition) is 3. The molecule has 0 aromatic rings. The fourth-order valence-electron chi connectivity index (χ4n) is 3.63. The average Bonchev–Trinajstić information content (AvgIpc) is 2.63. The van der Waals surface area contributed by atoms with Gasteiger partial charge in [-0.25, -0.2) is 0 Å². The van der Waals surface area contributed by atoms with Gasteiger partial charge in [-0.15, -0.1) is 12.3 Å². The fraction of sp³-hybridized carbons (Fsp3) is 0.786. The summed E-state index contributed by atoms with van der Waals surface area (Å²) in [6.45, 7) is 2.15. The van der Waals surface area contributed by atoms with Gasteiger partial charge in [-0.05, 0) is 32.6 Å². The van der Waals surface area contributed by atoms with Crippen molar-refractivity contribution in [3.05, 3.63) is 0 Å². The lowest BCUT2D eigenvalue weighted by Crippen LogP contribution is -2.55. The monoisotopic (exact) mass is 236 g/mol. The van der Waals surface area contributed by atoms with E-state index in [0.29, 0.717) is 25.9 Å². The van der Waals surface area contributed by atoms with E-state index in [4.69, 9.17) is 11.2 Å². The summed E-state index contributed by atoms with van der Waals surface area (Å²) in [6, 6.07) is 0. The van der Waals surface area contributed by atoms with Crippen LogP contribution in [0.5, 0.6) is 0 Å². The lowest BCUT2D eigenvalue weighted by Gasteiger charge is -2.45. The number of terminal acetylenes is 1. The van der Waals surface area contributed by atoms with Crippen LogP contribution in [0.25, 0.3) is 0 Å². The average molecular weight is 236 g/mol. The fourth-order valence-corrected chi connectivity index (χ4v) is 3.63. The molecule has 2 aliphatic rings. The van der Waals surface area contributed by atoms with Gasteiger partial charge in [-0.1, -0.05) is 12.8 Å². The van der Waals surface area contributed by atoms with Crippen LogP contribution in [-0.4, -0.2) is 23.3 Å². The minimum atomic E-state index is -1.04. The Morgan fingerprint density at radius 3 is 2.82 bits per heavy atom. The molecular formula is C14H20O3. The molecular weight excluding hydrogens is 216 g/mol. The minimum absolute atomic E-state index is 0.202. The third-order valence-electron chi connectivity index (χ3n) is 4.54. The summed E-state index contributed by atoms with van der Waals surface area (Å²) in [5.74, 6) is 2.22. The second-order valence-electron chi connectivity index (χ2n) is 5.19. The first-order chi connectivity index (χ1) is 8.10. The predicted octanol–water partition coefficient (Wildman–Crippen LogP) is 1.88. The van der Waals surface area contributed by atoms with E-state index in [2.05, 4.69) is 5.92 Å². The van der Waals surface area contributed by atoms with Crippen LogP contribution in [0.4, 0.5) is 0 Å². The second kappa shape index (κ2) is 4.34. The molecule has 2 saturated carbocycles. The molecule has 2 fully saturated rings. The molecule has 0 aromatic carbocycles. The van der Waals surface area contributed by atoms with E-state index in [0.717, 1.165) is 19.3 Å². The summed E-state index contributed by atoms with van der Waals surface area (Å²) in [5, 5.41) is 10.9. The van der Waals surface area contributed by atoms with Crippen LogP contribution in [0.15, 0.2) is 0 Å². The zero-order chi connectivity index (χ0) is 12.5. The summed E-state index contributed by atoms with van der Waals surface area (Å²) in [7, 11) is 0. The van der Waals surface area contributed by atoms with Crippen molar-refractivity contribution in [3.8, 4) is 12.3 Å². The Morgan fingerprint density at radius 1 is 1.47 bits per heavy atom. The number of aliphatic hydroxyl groups is 1. The first-order valence-electron chi connectivity index (χ1n) is 6.46. The Labute approximate surface area is 103 Å². The predicted molar refractivity (Wildman–Crippen MR) is 64.0 cm³/mol. The van der Waals surface area contributed by atoms with E-state index in [1.807, 2.05) is 0 Å². The van der Waals surface area contributed by atoms with Gasteiger partial charge in [0.05, 0.1) is 17.6 Å². The molecule has 2 rings (SSSR count). The zero-order valence-electron chi connectivity index (χ0n) is 10.4. The molecule has 1 N–H and O–H groups in total. The van der Waals surface area contributed by atoms with Gasteiger partial charge >= 0.3 is 5.97 Å². The highest BCUT2D eigenvalue weighted by molar-refractivity contribution is 5.79. The molecule has 0 bridgehead atoms. The molecule has 0 spiro atoms. The maximum absolute atomic E-state index is 12.2. The van der Waals surface area contributed by atoms with E-state index >= 15 is 0 Å². The quantitative estimate of drug-likeness (QED) is 0.588. The summed E-state index contributed by atoms with van der Waals surface area (Å²) >= 11 is 0. The van der Waals surface area contributed by atoms with Crippen molar-refractivity contribution in [1.82, 2.24) is 0 Å². The molecule has 0 heterocycles. The maximum atomic E-state index is 12.2. The molecule has 0 radical (unpaired) electrons. The minimum Gasteiger partial charge on any atom is -0.465 e. The topological polar surface area (TPSA) is 46.5 Å². The third kappa shape index (κ3) is 1.58. The van der Waals surface area contributed by atoms with E-state index < -0.39 is 11.0 Å². The second-order valence-corrected chi connectivity index (χ2v) is 5.19. The highest BCUT2D eigenvalue weighted by atomic mass is 16.5. The number of carbonyl (C=O) groups excluding carboxylic acids is 1. The van der Waals surface area contributed by atoms with Crippen LogP contribution < -0.4 is 0 Å². The molecule has 2 aliphatic carbocycles. The molecule has 17 heavy (non-hydrogen) atoms. The van der Waals surface area contributed by atoms with Crippen molar-refractivity contribution in [1.29, 1.82) is 0 Å². The van der Waals surface area contributed by atoms with E-state index in [9.17, 15) is 9.90 Å². The summed E-state index contributed by atoms with van der Waals surface area (Å²) in [4.78, 5) is 12.2. The normalized spacial score (nSPS) is 40.4. The first-order valence-corrected chi connectivity index (χ1v) is 6.46. The van der Waals surface area contributed by atoms with Crippen molar-refractivity contribution in [2.75, 3.05) is 6.61 Å². The molecule has 3 nitrogen and oxygen atoms in total. The zero-order valence-corrected chi connectivity index (χ0v) is 10.4. The standard InChI is InChI=1S/C14H20O3/c1-3-11-7-10-13(12(15)17-4-2)8-5-6-9-14(11,13)16/h1,11,16H,4-10H2,2H3. The number of hydrogen-bond donors (Lipinski definition) is 1. The molecule has 0 aliphatic heterocycles. The summed E-state index contributed by atoms with van der Waals surface area (Å²) in [5.41, 5.74) is -1.77. The summed E-state index contributed by atoms with van der Waals surface area (Å²) in [6.07, 6.45) is 10.1. The number of ether oxygens (including phenoxy) is 1. The van der Waals surface area contributed by atoms with Crippen LogP contribution in [0, 0.1) is 23.7 Å². The van der Waals surface area contributed by atoms with Crippen LogP contribution in [0.1, 0.15) is 45.4 Å². The Morgan fingerprint density at radius 2 is 2.18 bits per heavy atom. The highest BCUT2D eigenvalue weighted by Crippen LogP contribution is 2.58. The molecule has 0 aromatic heterocycles. The van der Waals surface area contributed by atoms with E-state index in [1.165, 1.54) is 0 Å². The van der Waals surface area contributed by atoms with E-state index in [1.54, 1.807) is 6.92 Å². The first kappa shape index (κ1) is 12.4. The van der Waals surface area contributed by atoms with Crippen molar-refractivity contribution in [3.63, 3.8) is 0 Å². The molecule has 0 amide bonds. The van der Waals surface area contributed by atoms with Crippen LogP contribution in [-0.2, 0) is 9.53 Å². The molecule has 94 valence electrons. The number of esters is 1. The lowest BCUT2D eigenvalue weighted by molar-refractivity contribution is -0.180. The Kier molecular flexibility index (Phi) is 3.18. The van der Waals surface area contributed by atoms with Gasteiger partial charge in [0.15, 0.2) is 0 Å². The summed E-state index contributed by atoms with van der Waals surface area (Å²) < 4.78 is 5.18. The number of fused-ring (bicyclic) bond motifs is 1. The van der Waals surface area contributed by atoms with Crippen LogP contribution in [0.2, 0.25) is 0 Å². The van der Waals surface area contributed by atoms with Crippen molar-refractivity contribution >= 4 is 5.97 Å². The maximum Gasteiger partial charge on any atom is 0.315 e. The number of rotatable bonds is 2. The Hall–Kier alpha value is -1.01. The van der Waals surface area contributed by atoms with Crippen molar-refractivity contribution in [2.45, 2.75) is 51.0 Å². The highest BCUT2D eigenvalue weighted by Gasteiger charge is 2.64. The van der Waals surface area contributed by atoms with Crippen molar-refractivity contribution in [2.24, 2.45) is 11.3 Å². The van der Waals surface area contributed by atoms with Gasteiger partial charge < -0.3 is 9.84 Å². The Bertz CT molecular complexity index is 357. The van der Waals surface area contributed by atoms with Gasteiger partial charge in [-0.2, -0.15) is 0 Å². The third-order valence-corrected chi connectivity index (χ3v) is 4.54. The van der Waals surface area contributed by atoms with Crippen molar-refractivity contribution < 1.29 is 14.6 Å². The van der Waals surface area contributed by atoms with Crippen LogP contribution >= 0.6 is 0 Å². The Balaban J connectivity index is 2.36. The smallest absolute Gasteiger partial charge is 0.315 e. The molecule has 3 atom stereocenters. The van der Waals surface area contributed by atoms with Gasteiger partial charge in [0.2, 0.25) is 0 Å². The molecule has 3 heteroatoms. The SMILES string of the molecule is C#CC1CCC2(C(=O)OCC)CCCCC12O. The van der Waals surface area contributed by atoms with Gasteiger partial charge in [0, 0.05) is 5.92 Å². The largest absolute Gasteiger partial charge is 0.465 e. The molecule has 3 unspecified atom stereocenters. The molecule has 0 saturated heterocycles. The van der Waals surface area contributed by atoms with Gasteiger partial charge in [-0.3, -0.25) is 4.79 Å². The van der Waals surface area contributed by atoms with Gasteiger partial charge in [0.25, 0.3) is 0 Å². The number of carbonyl (C=O) groups is 1. The van der Waals surface area contributed by atoms with E-state index in [-0.39, 0.29) is 11.9 Å². The van der Waals surface area contributed by atoms with Crippen LogP contribution in [0.3, 0.4) is 0 Å². The lowest BCUT2D eigenvalue weighted by atomic mass is 9.63. The van der Waals surface area contributed by atoms with Gasteiger partial charge in [0.1, 0.15) is 0 Å².